The summed E-state index contributed by atoms with van der Waals surface area (Å²) in [4.78, 5) is 2.22. The predicted molar refractivity (Wildman–Crippen MR) is 32.6 cm³/mol. The second kappa shape index (κ2) is 2.03. The third-order valence-corrected chi connectivity index (χ3v) is 1.58. The van der Waals surface area contributed by atoms with Crippen LogP contribution in [0.3, 0.4) is 0 Å². The van der Waals surface area contributed by atoms with E-state index >= 15 is 0 Å². The molecule has 1 aliphatic heterocycles. The fraction of sp³-hybridized carbons (Fsp3) is 1.00. The van der Waals surface area contributed by atoms with Crippen molar-refractivity contribution in [3.63, 3.8) is 0 Å². The molecule has 1 heterocycles. The van der Waals surface area contributed by atoms with E-state index in [0.717, 1.165) is 6.61 Å². The van der Waals surface area contributed by atoms with E-state index in [1.165, 1.54) is 0 Å². The molecule has 0 saturated carbocycles. The number of epoxide rings is 1. The van der Waals surface area contributed by atoms with Gasteiger partial charge in [0.25, 0.3) is 0 Å². The van der Waals surface area contributed by atoms with Crippen LogP contribution in [0.1, 0.15) is 13.8 Å². The van der Waals surface area contributed by atoms with Crippen LogP contribution in [-0.4, -0.2) is 30.8 Å². The van der Waals surface area contributed by atoms with E-state index in [4.69, 9.17) is 4.74 Å². The third kappa shape index (κ3) is 1.20. The van der Waals surface area contributed by atoms with Gasteiger partial charge in [0.15, 0.2) is 0 Å². The Kier molecular flexibility index (Phi) is 1.54. The first-order valence-electron chi connectivity index (χ1n) is 3.05. The maximum absolute atomic E-state index is 5.06. The predicted octanol–water partition coefficient (Wildman–Crippen LogP) is 0.683. The van der Waals surface area contributed by atoms with Crippen molar-refractivity contribution in [2.75, 3.05) is 13.7 Å². The molecule has 0 aromatic rings. The van der Waals surface area contributed by atoms with E-state index in [9.17, 15) is 0 Å². The van der Waals surface area contributed by atoms with Gasteiger partial charge in [-0.05, 0) is 20.9 Å². The zero-order valence-corrected chi connectivity index (χ0v) is 5.72. The molecule has 0 bridgehead atoms. The van der Waals surface area contributed by atoms with Gasteiger partial charge in [-0.1, -0.05) is 0 Å². The lowest BCUT2D eigenvalue weighted by atomic mass is 10.3. The van der Waals surface area contributed by atoms with Gasteiger partial charge in [-0.25, -0.2) is 0 Å². The standard InChI is InChI=1S/C6H13NO/c1-5(2)7(3)6-4-8-6/h5-6H,4H2,1-3H3. The zero-order valence-electron chi connectivity index (χ0n) is 5.72. The Balaban J connectivity index is 2.22. The van der Waals surface area contributed by atoms with Crippen molar-refractivity contribution in [3.05, 3.63) is 0 Å². The fourth-order valence-corrected chi connectivity index (χ4v) is 0.611. The minimum atomic E-state index is 0.426. The fourth-order valence-electron chi connectivity index (χ4n) is 0.611. The summed E-state index contributed by atoms with van der Waals surface area (Å²) in [7, 11) is 2.09. The lowest BCUT2D eigenvalue weighted by Gasteiger charge is -2.17. The maximum Gasteiger partial charge on any atom is 0.134 e. The molecule has 0 N–H and O–H groups in total. The van der Waals surface area contributed by atoms with E-state index < -0.39 is 0 Å². The average molecular weight is 115 g/mol. The molecule has 8 heavy (non-hydrogen) atoms. The van der Waals surface area contributed by atoms with Crippen LogP contribution in [0.25, 0.3) is 0 Å². The molecule has 0 spiro atoms. The minimum Gasteiger partial charge on any atom is -0.357 e. The SMILES string of the molecule is CC(C)N(C)C1CO1. The van der Waals surface area contributed by atoms with Crippen LogP contribution in [0.15, 0.2) is 0 Å². The summed E-state index contributed by atoms with van der Waals surface area (Å²) < 4.78 is 5.06. The molecule has 2 heteroatoms. The third-order valence-electron chi connectivity index (χ3n) is 1.58. The van der Waals surface area contributed by atoms with E-state index in [0.29, 0.717) is 12.3 Å². The lowest BCUT2D eigenvalue weighted by molar-refractivity contribution is 0.175. The highest BCUT2D eigenvalue weighted by atomic mass is 16.6. The van der Waals surface area contributed by atoms with Crippen LogP contribution in [0.2, 0.25) is 0 Å². The highest BCUT2D eigenvalue weighted by molar-refractivity contribution is 4.70. The quantitative estimate of drug-likeness (QED) is 0.492. The van der Waals surface area contributed by atoms with Gasteiger partial charge >= 0.3 is 0 Å². The first-order valence-corrected chi connectivity index (χ1v) is 3.05. The molecular formula is C6H13NO. The molecule has 0 amide bonds. The summed E-state index contributed by atoms with van der Waals surface area (Å²) in [5, 5.41) is 0. The number of ether oxygens (including phenoxy) is 1. The smallest absolute Gasteiger partial charge is 0.134 e. The van der Waals surface area contributed by atoms with Gasteiger partial charge in [-0.3, -0.25) is 4.90 Å². The van der Waals surface area contributed by atoms with E-state index in [-0.39, 0.29) is 0 Å². The molecular weight excluding hydrogens is 102 g/mol. The summed E-state index contributed by atoms with van der Waals surface area (Å²) in [6, 6.07) is 0.613. The van der Waals surface area contributed by atoms with Gasteiger partial charge in [-0.15, -0.1) is 0 Å². The Morgan fingerprint density at radius 1 is 1.62 bits per heavy atom. The largest absolute Gasteiger partial charge is 0.357 e. The van der Waals surface area contributed by atoms with Crippen LogP contribution in [0.4, 0.5) is 0 Å². The Morgan fingerprint density at radius 2 is 2.12 bits per heavy atom. The highest BCUT2D eigenvalue weighted by Gasteiger charge is 2.28. The number of rotatable bonds is 2. The van der Waals surface area contributed by atoms with Crippen molar-refractivity contribution in [1.29, 1.82) is 0 Å². The molecule has 1 rings (SSSR count). The summed E-state index contributed by atoms with van der Waals surface area (Å²) in [5.74, 6) is 0. The number of hydrogen-bond acceptors (Lipinski definition) is 2. The van der Waals surface area contributed by atoms with Crippen LogP contribution >= 0.6 is 0 Å². The minimum absolute atomic E-state index is 0.426. The zero-order chi connectivity index (χ0) is 6.15. The Morgan fingerprint density at radius 3 is 2.25 bits per heavy atom. The Labute approximate surface area is 50.4 Å². The van der Waals surface area contributed by atoms with Crippen molar-refractivity contribution in [3.8, 4) is 0 Å². The molecule has 2 nitrogen and oxygen atoms in total. The molecule has 0 aromatic carbocycles. The van der Waals surface area contributed by atoms with E-state index in [2.05, 4.69) is 25.8 Å². The van der Waals surface area contributed by atoms with Crippen molar-refractivity contribution in [2.45, 2.75) is 26.1 Å². The molecule has 0 radical (unpaired) electrons. The second-order valence-corrected chi connectivity index (χ2v) is 2.55. The average Bonchev–Trinajstić information content (AvgIpc) is 2.43. The molecule has 1 unspecified atom stereocenters. The molecule has 48 valence electrons. The number of hydrogen-bond donors (Lipinski definition) is 0. The molecule has 1 atom stereocenters. The molecule has 0 aliphatic carbocycles. The molecule has 1 fully saturated rings. The van der Waals surface area contributed by atoms with E-state index in [1.54, 1.807) is 0 Å². The summed E-state index contributed by atoms with van der Waals surface area (Å²) >= 11 is 0. The lowest BCUT2D eigenvalue weighted by Crippen LogP contribution is -2.28. The molecule has 1 saturated heterocycles. The van der Waals surface area contributed by atoms with Crippen molar-refractivity contribution >= 4 is 0 Å². The first kappa shape index (κ1) is 6.05. The van der Waals surface area contributed by atoms with Crippen LogP contribution in [0, 0.1) is 0 Å². The van der Waals surface area contributed by atoms with Crippen LogP contribution < -0.4 is 0 Å². The highest BCUT2D eigenvalue weighted by Crippen LogP contribution is 2.14. The maximum atomic E-state index is 5.06. The van der Waals surface area contributed by atoms with Crippen molar-refractivity contribution < 1.29 is 4.74 Å². The number of nitrogens with zero attached hydrogens (tertiary/aromatic N) is 1. The van der Waals surface area contributed by atoms with Gasteiger partial charge in [-0.2, -0.15) is 0 Å². The van der Waals surface area contributed by atoms with Crippen molar-refractivity contribution in [2.24, 2.45) is 0 Å². The van der Waals surface area contributed by atoms with Crippen molar-refractivity contribution in [1.82, 2.24) is 4.90 Å². The van der Waals surface area contributed by atoms with Gasteiger partial charge < -0.3 is 4.74 Å². The van der Waals surface area contributed by atoms with Gasteiger partial charge in [0.2, 0.25) is 0 Å². The van der Waals surface area contributed by atoms with E-state index in [1.807, 2.05) is 0 Å². The number of likely N-dealkylation sites (N-methyl/N-ethyl adjacent to an activating group) is 1. The first-order chi connectivity index (χ1) is 3.72. The topological polar surface area (TPSA) is 15.8 Å². The Hall–Kier alpha value is -0.0800. The summed E-state index contributed by atoms with van der Waals surface area (Å²) in [5.41, 5.74) is 0. The van der Waals surface area contributed by atoms with Crippen LogP contribution in [-0.2, 0) is 4.74 Å². The second-order valence-electron chi connectivity index (χ2n) is 2.55. The van der Waals surface area contributed by atoms with Gasteiger partial charge in [0.05, 0.1) is 6.61 Å². The summed E-state index contributed by atoms with van der Waals surface area (Å²) in [6.45, 7) is 5.26. The van der Waals surface area contributed by atoms with Gasteiger partial charge in [0.1, 0.15) is 6.23 Å². The Bertz CT molecular complexity index is 76.6. The van der Waals surface area contributed by atoms with Crippen LogP contribution in [0.5, 0.6) is 0 Å². The molecule has 0 aromatic heterocycles. The normalized spacial score (nSPS) is 27.4. The van der Waals surface area contributed by atoms with Gasteiger partial charge in [0, 0.05) is 6.04 Å². The molecule has 1 aliphatic rings. The monoisotopic (exact) mass is 115 g/mol. The summed E-state index contributed by atoms with van der Waals surface area (Å²) in [6.07, 6.45) is 0.426.